The minimum Gasteiger partial charge on any atom is -0.454 e. The SMILES string of the molecule is O=C(c1ccc(Br)cc1)[C@@H]1[C@@H]2C(=O)N(c3ccc4c(c3)OCO4)C(=O)[C@@H]2[C@H]2C=Cc3ccc(Cl)cc3N21. The summed E-state index contributed by atoms with van der Waals surface area (Å²) < 4.78 is 11.7. The zero-order valence-corrected chi connectivity index (χ0v) is 21.5. The van der Waals surface area contributed by atoms with Crippen molar-refractivity contribution in [2.75, 3.05) is 16.6 Å². The summed E-state index contributed by atoms with van der Waals surface area (Å²) in [5.74, 6) is -1.54. The Morgan fingerprint density at radius 1 is 0.919 bits per heavy atom. The van der Waals surface area contributed by atoms with Crippen molar-refractivity contribution in [2.45, 2.75) is 12.1 Å². The molecule has 0 aliphatic carbocycles. The second-order valence-electron chi connectivity index (χ2n) is 9.38. The van der Waals surface area contributed by atoms with E-state index in [1.165, 1.54) is 4.90 Å². The van der Waals surface area contributed by atoms with E-state index >= 15 is 0 Å². The summed E-state index contributed by atoms with van der Waals surface area (Å²) in [4.78, 5) is 45.1. The van der Waals surface area contributed by atoms with Crippen LogP contribution in [0.1, 0.15) is 15.9 Å². The lowest BCUT2D eigenvalue weighted by Crippen LogP contribution is -2.48. The van der Waals surface area contributed by atoms with Gasteiger partial charge in [-0.05, 0) is 42.0 Å². The Balaban J connectivity index is 1.36. The van der Waals surface area contributed by atoms with E-state index in [0.29, 0.717) is 27.8 Å². The van der Waals surface area contributed by atoms with Gasteiger partial charge in [0.25, 0.3) is 0 Å². The molecule has 7 rings (SSSR count). The van der Waals surface area contributed by atoms with Crippen molar-refractivity contribution >= 4 is 62.6 Å². The molecule has 3 aromatic rings. The highest BCUT2D eigenvalue weighted by Crippen LogP contribution is 2.51. The molecular formula is C28H18BrClN2O5. The highest BCUT2D eigenvalue weighted by atomic mass is 79.9. The third-order valence-corrected chi connectivity index (χ3v) is 8.25. The van der Waals surface area contributed by atoms with E-state index in [0.717, 1.165) is 15.7 Å². The molecule has 0 N–H and O–H groups in total. The van der Waals surface area contributed by atoms with Gasteiger partial charge < -0.3 is 14.4 Å². The van der Waals surface area contributed by atoms with Gasteiger partial charge in [0, 0.05) is 26.8 Å². The number of benzene rings is 3. The van der Waals surface area contributed by atoms with Gasteiger partial charge in [0.15, 0.2) is 17.3 Å². The Kier molecular flexibility index (Phi) is 5.00. The van der Waals surface area contributed by atoms with Crippen LogP contribution in [0.25, 0.3) is 6.08 Å². The Morgan fingerprint density at radius 2 is 1.68 bits per heavy atom. The number of ketones is 1. The number of Topliss-reactive ketones (excluding diaryl/α,β-unsaturated/α-hetero) is 1. The smallest absolute Gasteiger partial charge is 0.240 e. The third kappa shape index (κ3) is 3.29. The lowest BCUT2D eigenvalue weighted by molar-refractivity contribution is -0.122. The molecule has 0 aromatic heterocycles. The molecule has 4 heterocycles. The normalized spacial score (nSPS) is 24.8. The van der Waals surface area contributed by atoms with Crippen LogP contribution in [-0.2, 0) is 9.59 Å². The molecule has 2 saturated heterocycles. The predicted molar refractivity (Wildman–Crippen MR) is 141 cm³/mol. The van der Waals surface area contributed by atoms with E-state index in [-0.39, 0.29) is 18.5 Å². The first-order chi connectivity index (χ1) is 17.9. The molecule has 0 unspecified atom stereocenters. The lowest BCUT2D eigenvalue weighted by Gasteiger charge is -2.36. The van der Waals surface area contributed by atoms with Crippen molar-refractivity contribution in [1.82, 2.24) is 0 Å². The molecule has 2 amide bonds. The van der Waals surface area contributed by atoms with E-state index in [1.807, 2.05) is 23.1 Å². The number of imide groups is 1. The van der Waals surface area contributed by atoms with Crippen LogP contribution in [0.2, 0.25) is 5.02 Å². The van der Waals surface area contributed by atoms with E-state index in [9.17, 15) is 14.4 Å². The molecule has 184 valence electrons. The van der Waals surface area contributed by atoms with Crippen LogP contribution in [-0.4, -0.2) is 36.5 Å². The first-order valence-electron chi connectivity index (χ1n) is 11.8. The minimum absolute atomic E-state index is 0.0828. The summed E-state index contributed by atoms with van der Waals surface area (Å²) in [5, 5.41) is 0.513. The van der Waals surface area contributed by atoms with Gasteiger partial charge in [0.1, 0.15) is 6.04 Å². The van der Waals surface area contributed by atoms with Crippen molar-refractivity contribution in [3.05, 3.63) is 87.4 Å². The van der Waals surface area contributed by atoms with Crippen LogP contribution < -0.4 is 19.3 Å². The standard InChI is InChI=1S/C28H18BrClN2O5/c29-16-5-1-15(2-6-16)26(33)25-24-23(19-9-4-14-3-7-17(30)11-20(14)32(19)25)27(34)31(28(24)35)18-8-10-21-22(12-18)37-13-36-21/h1-12,19,23-25H,13H2/t19-,23-,24-,25+/m1/s1. The Morgan fingerprint density at radius 3 is 2.49 bits per heavy atom. The molecule has 9 heteroatoms. The van der Waals surface area contributed by atoms with Gasteiger partial charge in [0.2, 0.25) is 18.6 Å². The fourth-order valence-electron chi connectivity index (χ4n) is 5.90. The summed E-state index contributed by atoms with van der Waals surface area (Å²) in [6.45, 7) is 0.0828. The quantitative estimate of drug-likeness (QED) is 0.318. The number of anilines is 2. The average molecular weight is 578 g/mol. The summed E-state index contributed by atoms with van der Waals surface area (Å²) in [5.41, 5.74) is 2.48. The van der Waals surface area contributed by atoms with E-state index in [4.69, 9.17) is 21.1 Å². The monoisotopic (exact) mass is 576 g/mol. The zero-order valence-electron chi connectivity index (χ0n) is 19.1. The highest BCUT2D eigenvalue weighted by Gasteiger charge is 2.64. The Labute approximate surface area is 225 Å². The number of carbonyl (C=O) groups is 3. The Hall–Kier alpha value is -3.62. The maximum Gasteiger partial charge on any atom is 0.240 e. The molecule has 7 nitrogen and oxygen atoms in total. The molecule has 4 aliphatic rings. The summed E-state index contributed by atoms with van der Waals surface area (Å²) in [6, 6.07) is 16.1. The first kappa shape index (κ1) is 22.6. The highest BCUT2D eigenvalue weighted by molar-refractivity contribution is 9.10. The number of fused-ring (bicyclic) bond motifs is 6. The van der Waals surface area contributed by atoms with Gasteiger partial charge in [-0.25, -0.2) is 4.90 Å². The third-order valence-electron chi connectivity index (χ3n) is 7.48. The topological polar surface area (TPSA) is 76.1 Å². The summed E-state index contributed by atoms with van der Waals surface area (Å²) in [6.07, 6.45) is 3.84. The lowest BCUT2D eigenvalue weighted by atomic mass is 9.86. The van der Waals surface area contributed by atoms with Gasteiger partial charge in [-0.1, -0.05) is 57.9 Å². The first-order valence-corrected chi connectivity index (χ1v) is 12.9. The van der Waals surface area contributed by atoms with E-state index in [2.05, 4.69) is 15.9 Å². The maximum atomic E-state index is 14.1. The van der Waals surface area contributed by atoms with Crippen LogP contribution in [0.15, 0.2) is 71.2 Å². The van der Waals surface area contributed by atoms with Crippen LogP contribution in [0.4, 0.5) is 11.4 Å². The number of amides is 2. The number of carbonyl (C=O) groups excluding carboxylic acids is 3. The molecule has 4 atom stereocenters. The largest absolute Gasteiger partial charge is 0.454 e. The van der Waals surface area contributed by atoms with Crippen LogP contribution >= 0.6 is 27.5 Å². The molecular weight excluding hydrogens is 560 g/mol. The van der Waals surface area contributed by atoms with Gasteiger partial charge in [-0.15, -0.1) is 0 Å². The summed E-state index contributed by atoms with van der Waals surface area (Å²) in [7, 11) is 0. The summed E-state index contributed by atoms with van der Waals surface area (Å²) >= 11 is 9.76. The Bertz CT molecular complexity index is 1540. The van der Waals surface area contributed by atoms with Crippen molar-refractivity contribution in [2.24, 2.45) is 11.8 Å². The van der Waals surface area contributed by atoms with Crippen molar-refractivity contribution < 1.29 is 23.9 Å². The van der Waals surface area contributed by atoms with Crippen LogP contribution in [0.3, 0.4) is 0 Å². The molecule has 0 radical (unpaired) electrons. The number of hydrogen-bond donors (Lipinski definition) is 0. The fourth-order valence-corrected chi connectivity index (χ4v) is 6.33. The van der Waals surface area contributed by atoms with Crippen LogP contribution in [0, 0.1) is 11.8 Å². The number of rotatable bonds is 3. The van der Waals surface area contributed by atoms with Gasteiger partial charge in [0.05, 0.1) is 23.6 Å². The molecule has 0 bridgehead atoms. The molecule has 4 aliphatic heterocycles. The van der Waals surface area contributed by atoms with Gasteiger partial charge in [-0.3, -0.25) is 14.4 Å². The van der Waals surface area contributed by atoms with E-state index in [1.54, 1.807) is 54.6 Å². The maximum absolute atomic E-state index is 14.1. The fraction of sp³-hybridized carbons (Fsp3) is 0.179. The molecule has 3 aromatic carbocycles. The minimum atomic E-state index is -0.881. The second kappa shape index (κ2) is 8.19. The molecule has 0 spiro atoms. The number of nitrogens with zero attached hydrogens (tertiary/aromatic N) is 2. The van der Waals surface area contributed by atoms with Crippen molar-refractivity contribution in [3.63, 3.8) is 0 Å². The van der Waals surface area contributed by atoms with Gasteiger partial charge >= 0.3 is 0 Å². The van der Waals surface area contributed by atoms with E-state index < -0.39 is 29.8 Å². The number of halogens is 2. The number of hydrogen-bond acceptors (Lipinski definition) is 6. The predicted octanol–water partition coefficient (Wildman–Crippen LogP) is 5.10. The number of ether oxygens (including phenoxy) is 2. The molecule has 2 fully saturated rings. The van der Waals surface area contributed by atoms with Crippen molar-refractivity contribution in [1.29, 1.82) is 0 Å². The van der Waals surface area contributed by atoms with Crippen LogP contribution in [0.5, 0.6) is 11.5 Å². The second-order valence-corrected chi connectivity index (χ2v) is 10.7. The molecule has 37 heavy (non-hydrogen) atoms. The van der Waals surface area contributed by atoms with Gasteiger partial charge in [-0.2, -0.15) is 0 Å². The zero-order chi connectivity index (χ0) is 25.4. The van der Waals surface area contributed by atoms with Crippen molar-refractivity contribution in [3.8, 4) is 11.5 Å². The average Bonchev–Trinajstić information content (AvgIpc) is 3.57. The molecule has 0 saturated carbocycles.